The summed E-state index contributed by atoms with van der Waals surface area (Å²) >= 11 is 1.56. The van der Waals surface area contributed by atoms with Gasteiger partial charge in [-0.1, -0.05) is 6.92 Å². The predicted octanol–water partition coefficient (Wildman–Crippen LogP) is -0.119. The normalized spacial score (nSPS) is 23.9. The van der Waals surface area contributed by atoms with Gasteiger partial charge >= 0.3 is 5.97 Å². The molecule has 1 saturated heterocycles. The molecule has 0 aromatic heterocycles. The van der Waals surface area contributed by atoms with Crippen molar-refractivity contribution in [3.05, 3.63) is 0 Å². The lowest BCUT2D eigenvalue weighted by Gasteiger charge is -2.33. The van der Waals surface area contributed by atoms with Crippen LogP contribution in [-0.2, 0) is 14.6 Å². The number of carboxylic acid groups (broad SMARTS) is 1. The van der Waals surface area contributed by atoms with E-state index in [1.165, 1.54) is 4.90 Å². The number of aliphatic carboxylic acids is 1. The minimum absolute atomic E-state index is 0.0638. The maximum absolute atomic E-state index is 11.7. The number of rotatable bonds is 4. The van der Waals surface area contributed by atoms with Gasteiger partial charge in [-0.2, -0.15) is 11.8 Å². The largest absolute Gasteiger partial charge is 0.480 e. The SMILES string of the molecule is CCS(=O)(=O)C1CSCCN1CC(=O)O. The summed E-state index contributed by atoms with van der Waals surface area (Å²) in [7, 11) is -3.17. The van der Waals surface area contributed by atoms with E-state index in [0.717, 1.165) is 5.75 Å². The molecular weight excluding hydrogens is 238 g/mol. The lowest BCUT2D eigenvalue weighted by Crippen LogP contribution is -2.49. The smallest absolute Gasteiger partial charge is 0.317 e. The Hall–Kier alpha value is -0.270. The Morgan fingerprint density at radius 3 is 2.80 bits per heavy atom. The van der Waals surface area contributed by atoms with Gasteiger partial charge in [-0.3, -0.25) is 9.69 Å². The number of sulfone groups is 1. The molecule has 88 valence electrons. The molecule has 0 saturated carbocycles. The first-order valence-corrected chi connectivity index (χ1v) is 7.59. The molecule has 1 N–H and O–H groups in total. The van der Waals surface area contributed by atoms with Crippen LogP contribution in [0.15, 0.2) is 0 Å². The van der Waals surface area contributed by atoms with Gasteiger partial charge in [-0.15, -0.1) is 0 Å². The fourth-order valence-corrected chi connectivity index (χ4v) is 4.57. The molecule has 15 heavy (non-hydrogen) atoms. The van der Waals surface area contributed by atoms with Crippen LogP contribution in [0.5, 0.6) is 0 Å². The monoisotopic (exact) mass is 253 g/mol. The fraction of sp³-hybridized carbons (Fsp3) is 0.875. The van der Waals surface area contributed by atoms with E-state index in [0.29, 0.717) is 12.3 Å². The van der Waals surface area contributed by atoms with Gasteiger partial charge in [0.05, 0.1) is 6.54 Å². The van der Waals surface area contributed by atoms with Crippen molar-refractivity contribution in [1.82, 2.24) is 4.90 Å². The van der Waals surface area contributed by atoms with Gasteiger partial charge in [0.15, 0.2) is 9.84 Å². The van der Waals surface area contributed by atoms with Gasteiger partial charge < -0.3 is 5.11 Å². The van der Waals surface area contributed by atoms with E-state index in [9.17, 15) is 13.2 Å². The number of nitrogens with zero attached hydrogens (tertiary/aromatic N) is 1. The van der Waals surface area contributed by atoms with Crippen LogP contribution in [0.3, 0.4) is 0 Å². The molecule has 1 heterocycles. The molecule has 1 aliphatic rings. The molecule has 0 aliphatic carbocycles. The minimum Gasteiger partial charge on any atom is -0.480 e. The Bertz CT molecular complexity index is 328. The van der Waals surface area contributed by atoms with E-state index < -0.39 is 21.2 Å². The third-order valence-electron chi connectivity index (χ3n) is 2.35. The zero-order valence-electron chi connectivity index (χ0n) is 8.55. The van der Waals surface area contributed by atoms with Crippen LogP contribution in [0.4, 0.5) is 0 Å². The van der Waals surface area contributed by atoms with E-state index in [1.807, 2.05) is 0 Å². The van der Waals surface area contributed by atoms with E-state index in [1.54, 1.807) is 18.7 Å². The van der Waals surface area contributed by atoms with Crippen LogP contribution >= 0.6 is 11.8 Å². The van der Waals surface area contributed by atoms with Crippen LogP contribution in [0.2, 0.25) is 0 Å². The zero-order valence-corrected chi connectivity index (χ0v) is 10.2. The van der Waals surface area contributed by atoms with Crippen LogP contribution in [0, 0.1) is 0 Å². The average molecular weight is 253 g/mol. The molecule has 0 amide bonds. The second-order valence-electron chi connectivity index (χ2n) is 3.35. The second-order valence-corrected chi connectivity index (χ2v) is 6.94. The molecule has 1 rings (SSSR count). The molecule has 1 atom stereocenters. The molecule has 7 heteroatoms. The Labute approximate surface area is 93.8 Å². The predicted molar refractivity (Wildman–Crippen MR) is 59.8 cm³/mol. The first-order valence-electron chi connectivity index (χ1n) is 4.72. The maximum atomic E-state index is 11.7. The van der Waals surface area contributed by atoms with Gasteiger partial charge in [-0.25, -0.2) is 8.42 Å². The number of hydrogen-bond acceptors (Lipinski definition) is 5. The van der Waals surface area contributed by atoms with Gasteiger partial charge in [-0.05, 0) is 0 Å². The van der Waals surface area contributed by atoms with Crippen molar-refractivity contribution in [2.24, 2.45) is 0 Å². The molecule has 5 nitrogen and oxygen atoms in total. The summed E-state index contributed by atoms with van der Waals surface area (Å²) < 4.78 is 23.4. The Balaban J connectivity index is 2.78. The molecule has 0 aromatic rings. The highest BCUT2D eigenvalue weighted by Crippen LogP contribution is 2.20. The molecule has 1 fully saturated rings. The topological polar surface area (TPSA) is 74.7 Å². The fourth-order valence-electron chi connectivity index (χ4n) is 1.49. The van der Waals surface area contributed by atoms with Crippen molar-refractivity contribution >= 4 is 27.6 Å². The molecule has 0 radical (unpaired) electrons. The highest BCUT2D eigenvalue weighted by atomic mass is 32.2. The molecule has 1 unspecified atom stereocenters. The summed E-state index contributed by atoms with van der Waals surface area (Å²) in [6.07, 6.45) is 0. The van der Waals surface area contributed by atoms with Crippen LogP contribution < -0.4 is 0 Å². The first kappa shape index (κ1) is 12.8. The van der Waals surface area contributed by atoms with Gasteiger partial charge in [0.2, 0.25) is 0 Å². The van der Waals surface area contributed by atoms with Gasteiger partial charge in [0, 0.05) is 23.8 Å². The van der Waals surface area contributed by atoms with Crippen molar-refractivity contribution in [1.29, 1.82) is 0 Å². The summed E-state index contributed by atoms with van der Waals surface area (Å²) in [6.45, 7) is 1.93. The number of thioether (sulfide) groups is 1. The Kier molecular flexibility index (Phi) is 4.42. The first-order chi connectivity index (χ1) is 6.97. The van der Waals surface area contributed by atoms with E-state index in [4.69, 9.17) is 5.11 Å². The molecular formula is C8H15NO4S2. The third-order valence-corrected chi connectivity index (χ3v) is 5.68. The zero-order chi connectivity index (χ0) is 11.5. The molecule has 0 aromatic carbocycles. The van der Waals surface area contributed by atoms with Gasteiger partial charge in [0.1, 0.15) is 5.37 Å². The number of carboxylic acids is 1. The minimum atomic E-state index is -3.17. The quantitative estimate of drug-likeness (QED) is 0.753. The number of carbonyl (C=O) groups is 1. The summed E-state index contributed by atoms with van der Waals surface area (Å²) in [5.41, 5.74) is 0. The summed E-state index contributed by atoms with van der Waals surface area (Å²) in [4.78, 5) is 12.1. The number of hydrogen-bond donors (Lipinski definition) is 1. The Morgan fingerprint density at radius 2 is 2.27 bits per heavy atom. The van der Waals surface area contributed by atoms with Crippen molar-refractivity contribution in [3.63, 3.8) is 0 Å². The third kappa shape index (κ3) is 3.35. The van der Waals surface area contributed by atoms with E-state index >= 15 is 0 Å². The van der Waals surface area contributed by atoms with E-state index in [2.05, 4.69) is 0 Å². The maximum Gasteiger partial charge on any atom is 0.317 e. The lowest BCUT2D eigenvalue weighted by molar-refractivity contribution is -0.138. The van der Waals surface area contributed by atoms with Crippen molar-refractivity contribution in [2.45, 2.75) is 12.3 Å². The highest BCUT2D eigenvalue weighted by Gasteiger charge is 2.33. The summed E-state index contributed by atoms with van der Waals surface area (Å²) in [5, 5.41) is 8.05. The highest BCUT2D eigenvalue weighted by molar-refractivity contribution is 8.01. The Morgan fingerprint density at radius 1 is 1.60 bits per heavy atom. The molecule has 0 bridgehead atoms. The van der Waals surface area contributed by atoms with Crippen LogP contribution in [0.25, 0.3) is 0 Å². The standard InChI is InChI=1S/C8H15NO4S2/c1-2-15(12,13)7-6-14-4-3-9(7)5-8(10)11/h7H,2-6H2,1H3,(H,10,11). The summed E-state index contributed by atoms with van der Waals surface area (Å²) in [5.74, 6) is 0.360. The average Bonchev–Trinajstić information content (AvgIpc) is 2.17. The van der Waals surface area contributed by atoms with Crippen LogP contribution in [-0.4, -0.2) is 60.1 Å². The van der Waals surface area contributed by atoms with Crippen LogP contribution in [0.1, 0.15) is 6.92 Å². The van der Waals surface area contributed by atoms with Crippen molar-refractivity contribution in [2.75, 3.05) is 30.3 Å². The van der Waals surface area contributed by atoms with Crippen molar-refractivity contribution < 1.29 is 18.3 Å². The summed E-state index contributed by atoms with van der Waals surface area (Å²) in [6, 6.07) is 0. The van der Waals surface area contributed by atoms with Gasteiger partial charge in [0.25, 0.3) is 0 Å². The van der Waals surface area contributed by atoms with E-state index in [-0.39, 0.29) is 12.3 Å². The molecule has 1 aliphatic heterocycles. The molecule has 0 spiro atoms. The second kappa shape index (κ2) is 5.18. The lowest BCUT2D eigenvalue weighted by atomic mass is 10.4. The van der Waals surface area contributed by atoms with Crippen molar-refractivity contribution in [3.8, 4) is 0 Å².